The largest absolute Gasteiger partial charge is 0.504 e. The Morgan fingerprint density at radius 1 is 1.26 bits per heavy atom. The van der Waals surface area contributed by atoms with Crippen LogP contribution < -0.4 is 15.4 Å². The summed E-state index contributed by atoms with van der Waals surface area (Å²) in [5.74, 6) is 1.54. The van der Waals surface area contributed by atoms with Crippen molar-refractivity contribution >= 4 is 29.9 Å². The van der Waals surface area contributed by atoms with E-state index >= 15 is 0 Å². The molecule has 0 atom stereocenters. The van der Waals surface area contributed by atoms with Crippen LogP contribution in [-0.2, 0) is 6.54 Å². The third kappa shape index (κ3) is 8.13. The van der Waals surface area contributed by atoms with E-state index in [4.69, 9.17) is 9.73 Å². The summed E-state index contributed by atoms with van der Waals surface area (Å²) >= 11 is 0. The summed E-state index contributed by atoms with van der Waals surface area (Å²) in [4.78, 5) is 7.24. The normalized spacial score (nSPS) is 15.9. The van der Waals surface area contributed by atoms with Crippen molar-refractivity contribution in [1.29, 1.82) is 0 Å². The number of piperidine rings is 1. The number of hydrogen-bond acceptors (Lipinski definition) is 4. The third-order valence-corrected chi connectivity index (χ3v) is 4.56. The standard InChI is InChI=1S/C20H34N4O2.HI/c1-4-11-24-12-9-17(10-13-24)23-20(21-5-2)22-15-16-7-8-18(25)19(14-16)26-6-3;/h7-8,14,17,25H,4-6,9-13,15H2,1-3H3,(H2,21,22,23);1H. The Morgan fingerprint density at radius 3 is 2.63 bits per heavy atom. The maximum atomic E-state index is 9.81. The molecule has 1 aromatic carbocycles. The van der Waals surface area contributed by atoms with Crippen LogP contribution in [0.25, 0.3) is 0 Å². The highest BCUT2D eigenvalue weighted by molar-refractivity contribution is 14.0. The Morgan fingerprint density at radius 2 is 2.00 bits per heavy atom. The number of benzene rings is 1. The molecule has 7 heteroatoms. The number of guanidine groups is 1. The molecule has 0 aromatic heterocycles. The molecule has 0 spiro atoms. The minimum absolute atomic E-state index is 0. The van der Waals surface area contributed by atoms with Gasteiger partial charge in [-0.1, -0.05) is 13.0 Å². The van der Waals surface area contributed by atoms with Gasteiger partial charge in [-0.05, 0) is 57.4 Å². The van der Waals surface area contributed by atoms with Crippen molar-refractivity contribution in [2.24, 2.45) is 4.99 Å². The van der Waals surface area contributed by atoms with Crippen molar-refractivity contribution in [3.63, 3.8) is 0 Å². The number of rotatable bonds is 8. The minimum Gasteiger partial charge on any atom is -0.504 e. The van der Waals surface area contributed by atoms with E-state index in [9.17, 15) is 5.11 Å². The van der Waals surface area contributed by atoms with Crippen LogP contribution in [0.3, 0.4) is 0 Å². The molecule has 1 heterocycles. The van der Waals surface area contributed by atoms with Crippen molar-refractivity contribution < 1.29 is 9.84 Å². The molecule has 1 aromatic rings. The first-order valence-corrected chi connectivity index (χ1v) is 9.88. The van der Waals surface area contributed by atoms with Gasteiger partial charge in [0.05, 0.1) is 13.2 Å². The lowest BCUT2D eigenvalue weighted by Gasteiger charge is -2.32. The predicted octanol–water partition coefficient (Wildman–Crippen LogP) is 3.34. The highest BCUT2D eigenvalue weighted by Gasteiger charge is 2.19. The molecule has 1 saturated heterocycles. The molecule has 2 rings (SSSR count). The van der Waals surface area contributed by atoms with Crippen molar-refractivity contribution in [1.82, 2.24) is 15.5 Å². The van der Waals surface area contributed by atoms with Gasteiger partial charge in [-0.25, -0.2) is 4.99 Å². The molecular weight excluding hydrogens is 455 g/mol. The van der Waals surface area contributed by atoms with Crippen molar-refractivity contribution in [3.8, 4) is 11.5 Å². The van der Waals surface area contributed by atoms with Gasteiger partial charge in [0.25, 0.3) is 0 Å². The second kappa shape index (κ2) is 13.0. The fourth-order valence-corrected chi connectivity index (χ4v) is 3.23. The Labute approximate surface area is 180 Å². The van der Waals surface area contributed by atoms with Crippen LogP contribution in [0.2, 0.25) is 0 Å². The summed E-state index contributed by atoms with van der Waals surface area (Å²) in [5, 5.41) is 16.7. The van der Waals surface area contributed by atoms with Crippen LogP contribution >= 0.6 is 24.0 Å². The molecule has 1 fully saturated rings. The van der Waals surface area contributed by atoms with Gasteiger partial charge in [-0.3, -0.25) is 0 Å². The molecular formula is C20H35IN4O2. The summed E-state index contributed by atoms with van der Waals surface area (Å²) in [6, 6.07) is 5.88. The van der Waals surface area contributed by atoms with Crippen LogP contribution in [0.5, 0.6) is 11.5 Å². The van der Waals surface area contributed by atoms with Crippen molar-refractivity contribution in [2.75, 3.05) is 32.8 Å². The average molecular weight is 490 g/mol. The highest BCUT2D eigenvalue weighted by Crippen LogP contribution is 2.27. The fourth-order valence-electron chi connectivity index (χ4n) is 3.23. The van der Waals surface area contributed by atoms with Crippen LogP contribution in [-0.4, -0.2) is 54.8 Å². The minimum atomic E-state index is 0. The Kier molecular flexibility index (Phi) is 11.5. The van der Waals surface area contributed by atoms with E-state index in [-0.39, 0.29) is 29.7 Å². The highest BCUT2D eigenvalue weighted by atomic mass is 127. The maximum absolute atomic E-state index is 9.81. The summed E-state index contributed by atoms with van der Waals surface area (Å²) in [7, 11) is 0. The van der Waals surface area contributed by atoms with E-state index < -0.39 is 0 Å². The van der Waals surface area contributed by atoms with Gasteiger partial charge in [-0.2, -0.15) is 0 Å². The van der Waals surface area contributed by atoms with Crippen LogP contribution in [0.1, 0.15) is 45.6 Å². The number of phenolic OH excluding ortho intramolecular Hbond substituents is 1. The molecule has 1 aliphatic rings. The lowest BCUT2D eigenvalue weighted by molar-refractivity contribution is 0.206. The van der Waals surface area contributed by atoms with Crippen molar-refractivity contribution in [2.45, 2.75) is 52.6 Å². The van der Waals surface area contributed by atoms with Gasteiger partial charge in [0, 0.05) is 25.7 Å². The molecule has 0 radical (unpaired) electrons. The van der Waals surface area contributed by atoms with E-state index in [0.717, 1.165) is 44.0 Å². The number of halogens is 1. The molecule has 27 heavy (non-hydrogen) atoms. The van der Waals surface area contributed by atoms with Gasteiger partial charge in [0.2, 0.25) is 0 Å². The zero-order valence-electron chi connectivity index (χ0n) is 16.8. The smallest absolute Gasteiger partial charge is 0.191 e. The maximum Gasteiger partial charge on any atom is 0.191 e. The summed E-state index contributed by atoms with van der Waals surface area (Å²) < 4.78 is 5.45. The molecule has 0 amide bonds. The topological polar surface area (TPSA) is 69.1 Å². The SMILES string of the molecule is CCCN1CCC(NC(=NCc2ccc(O)c(OCC)c2)NCC)CC1.I. The number of nitrogens with zero attached hydrogens (tertiary/aromatic N) is 2. The van der Waals surface area contributed by atoms with Gasteiger partial charge < -0.3 is 25.4 Å². The molecule has 154 valence electrons. The van der Waals surface area contributed by atoms with Gasteiger partial charge >= 0.3 is 0 Å². The van der Waals surface area contributed by atoms with E-state index in [1.54, 1.807) is 6.07 Å². The Hall–Kier alpha value is -1.22. The van der Waals surface area contributed by atoms with Crippen LogP contribution in [0.4, 0.5) is 0 Å². The Balaban J connectivity index is 0.00000364. The molecule has 6 nitrogen and oxygen atoms in total. The number of phenols is 1. The monoisotopic (exact) mass is 490 g/mol. The van der Waals surface area contributed by atoms with Gasteiger partial charge in [-0.15, -0.1) is 24.0 Å². The van der Waals surface area contributed by atoms with Crippen LogP contribution in [0, 0.1) is 0 Å². The Bertz CT molecular complexity index is 575. The van der Waals surface area contributed by atoms with E-state index in [1.165, 1.54) is 13.0 Å². The van der Waals surface area contributed by atoms with Crippen molar-refractivity contribution in [3.05, 3.63) is 23.8 Å². The molecule has 0 saturated carbocycles. The number of nitrogens with one attached hydrogen (secondary N) is 2. The molecule has 0 unspecified atom stereocenters. The predicted molar refractivity (Wildman–Crippen MR) is 122 cm³/mol. The fraction of sp³-hybridized carbons (Fsp3) is 0.650. The second-order valence-corrected chi connectivity index (χ2v) is 6.69. The number of ether oxygens (including phenoxy) is 1. The number of aromatic hydroxyl groups is 1. The molecule has 1 aliphatic heterocycles. The summed E-state index contributed by atoms with van der Waals surface area (Å²) in [5.41, 5.74) is 1.02. The number of likely N-dealkylation sites (tertiary alicyclic amines) is 1. The first kappa shape index (κ1) is 23.8. The summed E-state index contributed by atoms with van der Waals surface area (Å²) in [6.45, 7) is 11.6. The molecule has 0 aliphatic carbocycles. The van der Waals surface area contributed by atoms with E-state index in [2.05, 4.69) is 29.4 Å². The lowest BCUT2D eigenvalue weighted by atomic mass is 10.1. The van der Waals surface area contributed by atoms with E-state index in [0.29, 0.717) is 24.9 Å². The number of hydrogen-bond donors (Lipinski definition) is 3. The summed E-state index contributed by atoms with van der Waals surface area (Å²) in [6.07, 6.45) is 3.52. The van der Waals surface area contributed by atoms with Gasteiger partial charge in [0.15, 0.2) is 17.5 Å². The van der Waals surface area contributed by atoms with E-state index in [1.807, 2.05) is 19.1 Å². The lowest BCUT2D eigenvalue weighted by Crippen LogP contribution is -2.48. The molecule has 0 bridgehead atoms. The zero-order chi connectivity index (χ0) is 18.8. The second-order valence-electron chi connectivity index (χ2n) is 6.69. The van der Waals surface area contributed by atoms with Crippen LogP contribution in [0.15, 0.2) is 23.2 Å². The number of aliphatic imine (C=N–C) groups is 1. The molecule has 3 N–H and O–H groups in total. The van der Waals surface area contributed by atoms with Gasteiger partial charge in [0.1, 0.15) is 0 Å². The third-order valence-electron chi connectivity index (χ3n) is 4.56. The zero-order valence-corrected chi connectivity index (χ0v) is 19.2. The quantitative estimate of drug-likeness (QED) is 0.296. The first-order valence-electron chi connectivity index (χ1n) is 9.88. The average Bonchev–Trinajstić information content (AvgIpc) is 2.64. The first-order chi connectivity index (χ1) is 12.7.